The molecule has 1 N–H and O–H groups in total. The van der Waals surface area contributed by atoms with Gasteiger partial charge >= 0.3 is 6.09 Å². The van der Waals surface area contributed by atoms with Crippen molar-refractivity contribution in [3.8, 4) is 0 Å². The van der Waals surface area contributed by atoms with Crippen molar-refractivity contribution in [3.05, 3.63) is 40.9 Å². The fraction of sp³-hybridized carbons (Fsp3) is 0.133. The molecule has 6 nitrogen and oxygen atoms in total. The summed E-state index contributed by atoms with van der Waals surface area (Å²) in [5.74, 6) is -0.428. The van der Waals surface area contributed by atoms with Crippen molar-refractivity contribution < 1.29 is 19.1 Å². The van der Waals surface area contributed by atoms with Gasteiger partial charge in [0.2, 0.25) is 0 Å². The van der Waals surface area contributed by atoms with E-state index in [9.17, 15) is 14.4 Å². The molecule has 1 saturated heterocycles. The first-order valence-corrected chi connectivity index (χ1v) is 7.44. The highest BCUT2D eigenvalue weighted by molar-refractivity contribution is 8.18. The Morgan fingerprint density at radius 1 is 1.36 bits per heavy atom. The lowest BCUT2D eigenvalue weighted by atomic mass is 10.1. The molecule has 0 atom stereocenters. The number of hydrogen-bond donors (Lipinski definition) is 1. The molecule has 1 aliphatic heterocycles. The van der Waals surface area contributed by atoms with Gasteiger partial charge in [0, 0.05) is 17.1 Å². The molecule has 22 heavy (non-hydrogen) atoms. The molecule has 0 aliphatic carbocycles. The maximum atomic E-state index is 12.0. The highest BCUT2D eigenvalue weighted by Gasteiger charge is 2.25. The second-order valence-corrected chi connectivity index (χ2v) is 5.54. The number of aromatic nitrogens is 1. The first kappa shape index (κ1) is 14.4. The highest BCUT2D eigenvalue weighted by atomic mass is 32.2. The lowest BCUT2D eigenvalue weighted by molar-refractivity contribution is -0.115. The molecule has 1 aromatic heterocycles. The van der Waals surface area contributed by atoms with E-state index in [1.54, 1.807) is 25.3 Å². The number of nitrogens with one attached hydrogen (secondary N) is 1. The zero-order valence-corrected chi connectivity index (χ0v) is 12.5. The van der Waals surface area contributed by atoms with E-state index >= 15 is 0 Å². The monoisotopic (exact) mass is 316 g/mol. The molecular weight excluding hydrogens is 304 g/mol. The van der Waals surface area contributed by atoms with Crippen LogP contribution in [-0.2, 0) is 9.53 Å². The Morgan fingerprint density at radius 2 is 2.14 bits per heavy atom. The minimum atomic E-state index is -0.483. The van der Waals surface area contributed by atoms with Crippen LogP contribution in [0.2, 0.25) is 0 Å². The fourth-order valence-corrected chi connectivity index (χ4v) is 2.90. The third-order valence-electron chi connectivity index (χ3n) is 3.14. The van der Waals surface area contributed by atoms with Crippen molar-refractivity contribution >= 4 is 46.0 Å². The summed E-state index contributed by atoms with van der Waals surface area (Å²) in [6.07, 6.45) is 2.72. The molecule has 0 saturated carbocycles. The molecule has 2 aromatic rings. The number of carbonyl (C=O) groups is 3. The SMILES string of the molecule is CCOC(=O)n1cc(/C=C2/SC(=O)NC2=O)c2ccccc21. The Bertz CT molecular complexity index is 822. The number of ether oxygens (including phenoxy) is 1. The maximum Gasteiger partial charge on any atom is 0.418 e. The predicted molar refractivity (Wildman–Crippen MR) is 83.5 cm³/mol. The molecule has 1 aliphatic rings. The van der Waals surface area contributed by atoms with Gasteiger partial charge in [-0.25, -0.2) is 4.79 Å². The van der Waals surface area contributed by atoms with Gasteiger partial charge < -0.3 is 4.74 Å². The Labute approximate surface area is 130 Å². The van der Waals surface area contributed by atoms with Gasteiger partial charge in [0.1, 0.15) is 0 Å². The van der Waals surface area contributed by atoms with E-state index < -0.39 is 17.2 Å². The molecule has 2 heterocycles. The van der Waals surface area contributed by atoms with Gasteiger partial charge in [-0.2, -0.15) is 0 Å². The minimum Gasteiger partial charge on any atom is -0.449 e. The van der Waals surface area contributed by atoms with Crippen molar-refractivity contribution in [2.75, 3.05) is 6.61 Å². The standard InChI is InChI=1S/C15H12N2O4S/c1-2-21-15(20)17-8-9(10-5-3-4-6-11(10)17)7-12-13(18)16-14(19)22-12/h3-8H,2H2,1H3,(H,16,18,19)/b12-7+. The molecule has 1 fully saturated rings. The molecular formula is C15H12N2O4S. The Morgan fingerprint density at radius 3 is 2.82 bits per heavy atom. The van der Waals surface area contributed by atoms with Gasteiger partial charge in [0.15, 0.2) is 0 Å². The third kappa shape index (κ3) is 2.50. The smallest absolute Gasteiger partial charge is 0.418 e. The van der Waals surface area contributed by atoms with Crippen LogP contribution in [0.25, 0.3) is 17.0 Å². The van der Waals surface area contributed by atoms with Crippen LogP contribution < -0.4 is 5.32 Å². The number of fused-ring (bicyclic) bond motifs is 1. The topological polar surface area (TPSA) is 77.4 Å². The molecule has 112 valence electrons. The summed E-state index contributed by atoms with van der Waals surface area (Å²) in [7, 11) is 0. The molecule has 1 aromatic carbocycles. The number of rotatable bonds is 2. The highest BCUT2D eigenvalue weighted by Crippen LogP contribution is 2.29. The molecule has 7 heteroatoms. The van der Waals surface area contributed by atoms with Crippen molar-refractivity contribution in [3.63, 3.8) is 0 Å². The molecule has 2 amide bonds. The van der Waals surface area contributed by atoms with E-state index in [0.717, 1.165) is 17.1 Å². The van der Waals surface area contributed by atoms with Crippen LogP contribution in [0.4, 0.5) is 9.59 Å². The first-order chi connectivity index (χ1) is 10.6. The van der Waals surface area contributed by atoms with Crippen LogP contribution in [0, 0.1) is 0 Å². The van der Waals surface area contributed by atoms with E-state index in [0.29, 0.717) is 16.0 Å². The lowest BCUT2D eigenvalue weighted by Crippen LogP contribution is -2.17. The summed E-state index contributed by atoms with van der Waals surface area (Å²) in [4.78, 5) is 35.2. The number of nitrogens with zero attached hydrogens (tertiary/aromatic N) is 1. The quantitative estimate of drug-likeness (QED) is 0.862. The van der Waals surface area contributed by atoms with E-state index in [-0.39, 0.29) is 6.61 Å². The molecule has 0 unspecified atom stereocenters. The number of hydrogen-bond acceptors (Lipinski definition) is 5. The summed E-state index contributed by atoms with van der Waals surface area (Å²) >= 11 is 0.841. The fourth-order valence-electron chi connectivity index (χ4n) is 2.23. The number of imide groups is 1. The normalized spacial score (nSPS) is 16.3. The number of benzene rings is 1. The van der Waals surface area contributed by atoms with Crippen LogP contribution in [0.5, 0.6) is 0 Å². The van der Waals surface area contributed by atoms with Gasteiger partial charge in [0.05, 0.1) is 17.0 Å². The summed E-state index contributed by atoms with van der Waals surface area (Å²) < 4.78 is 6.42. The van der Waals surface area contributed by atoms with Crippen LogP contribution >= 0.6 is 11.8 Å². The second-order valence-electron chi connectivity index (χ2n) is 4.52. The van der Waals surface area contributed by atoms with Gasteiger partial charge in [-0.3, -0.25) is 19.5 Å². The Hall–Kier alpha value is -2.54. The van der Waals surface area contributed by atoms with Crippen molar-refractivity contribution in [2.24, 2.45) is 0 Å². The largest absolute Gasteiger partial charge is 0.449 e. The average molecular weight is 316 g/mol. The first-order valence-electron chi connectivity index (χ1n) is 6.62. The molecule has 0 spiro atoms. The van der Waals surface area contributed by atoms with E-state index in [4.69, 9.17) is 4.74 Å². The van der Waals surface area contributed by atoms with Crippen LogP contribution in [0.15, 0.2) is 35.4 Å². The summed E-state index contributed by atoms with van der Waals surface area (Å²) in [5, 5.41) is 2.61. The molecule has 0 radical (unpaired) electrons. The predicted octanol–water partition coefficient (Wildman–Crippen LogP) is 2.97. The van der Waals surface area contributed by atoms with Crippen LogP contribution in [0.1, 0.15) is 12.5 Å². The Balaban J connectivity index is 2.11. The number of carbonyl (C=O) groups excluding carboxylic acids is 3. The van der Waals surface area contributed by atoms with Gasteiger partial charge in [0.25, 0.3) is 11.1 Å². The lowest BCUT2D eigenvalue weighted by Gasteiger charge is -2.03. The van der Waals surface area contributed by atoms with Crippen molar-refractivity contribution in [1.29, 1.82) is 0 Å². The average Bonchev–Trinajstić information content (AvgIpc) is 3.01. The minimum absolute atomic E-state index is 0.272. The maximum absolute atomic E-state index is 12.0. The van der Waals surface area contributed by atoms with Crippen LogP contribution in [0.3, 0.4) is 0 Å². The number of thioether (sulfide) groups is 1. The zero-order chi connectivity index (χ0) is 15.7. The summed E-state index contributed by atoms with van der Waals surface area (Å²) in [5.41, 5.74) is 1.36. The van der Waals surface area contributed by atoms with E-state index in [1.165, 1.54) is 4.57 Å². The number of amides is 2. The zero-order valence-electron chi connectivity index (χ0n) is 11.7. The summed E-state index contributed by atoms with van der Waals surface area (Å²) in [6, 6.07) is 7.29. The van der Waals surface area contributed by atoms with Gasteiger partial charge in [-0.1, -0.05) is 18.2 Å². The van der Waals surface area contributed by atoms with Gasteiger partial charge in [-0.05, 0) is 30.8 Å². The van der Waals surface area contributed by atoms with Crippen molar-refractivity contribution in [2.45, 2.75) is 6.92 Å². The Kier molecular flexibility index (Phi) is 3.72. The number of para-hydroxylation sites is 1. The summed E-state index contributed by atoms with van der Waals surface area (Å²) in [6.45, 7) is 2.01. The molecule has 0 bridgehead atoms. The second kappa shape index (κ2) is 5.69. The van der Waals surface area contributed by atoms with E-state index in [2.05, 4.69) is 5.32 Å². The van der Waals surface area contributed by atoms with Crippen LogP contribution in [-0.4, -0.2) is 28.4 Å². The van der Waals surface area contributed by atoms with Gasteiger partial charge in [-0.15, -0.1) is 0 Å². The molecule has 3 rings (SSSR count). The van der Waals surface area contributed by atoms with E-state index in [1.807, 2.05) is 18.2 Å². The third-order valence-corrected chi connectivity index (χ3v) is 3.95. The van der Waals surface area contributed by atoms with Crippen molar-refractivity contribution in [1.82, 2.24) is 9.88 Å².